The summed E-state index contributed by atoms with van der Waals surface area (Å²) < 4.78 is 0. The average Bonchev–Trinajstić information content (AvgIpc) is 2.42. The first kappa shape index (κ1) is 14.2. The number of benzene rings is 1. The summed E-state index contributed by atoms with van der Waals surface area (Å²) in [7, 11) is 0. The molecule has 0 fully saturated rings. The summed E-state index contributed by atoms with van der Waals surface area (Å²) in [4.78, 5) is 16.5. The molecule has 1 aromatic rings. The Kier molecular flexibility index (Phi) is 4.66. The first-order valence-electron chi connectivity index (χ1n) is 6.70. The number of hydrogen-bond acceptors (Lipinski definition) is 3. The van der Waals surface area contributed by atoms with E-state index in [0.717, 1.165) is 31.9 Å². The van der Waals surface area contributed by atoms with Crippen LogP contribution in [0, 0.1) is 0 Å². The molecule has 4 nitrogen and oxygen atoms in total. The van der Waals surface area contributed by atoms with Gasteiger partial charge in [-0.05, 0) is 31.3 Å². The zero-order valence-electron chi connectivity index (χ0n) is 11.4. The summed E-state index contributed by atoms with van der Waals surface area (Å²) in [5, 5.41) is 3.85. The largest absolute Gasteiger partial charge is 0.367 e. The molecule has 0 aliphatic carbocycles. The number of carbonyl (C=O) groups is 1. The molecule has 1 N–H and O–H groups in total. The molecule has 1 amide bonds. The van der Waals surface area contributed by atoms with Crippen LogP contribution in [0.2, 0.25) is 5.02 Å². The lowest BCUT2D eigenvalue weighted by atomic mass is 10.1. The van der Waals surface area contributed by atoms with Crippen molar-refractivity contribution in [3.8, 4) is 0 Å². The second-order valence-corrected chi connectivity index (χ2v) is 5.06. The quantitative estimate of drug-likeness (QED) is 0.901. The maximum Gasteiger partial charge on any atom is 0.257 e. The van der Waals surface area contributed by atoms with Gasteiger partial charge in [0.05, 0.1) is 12.2 Å². The Labute approximate surface area is 119 Å². The fourth-order valence-corrected chi connectivity index (χ4v) is 2.42. The van der Waals surface area contributed by atoms with Gasteiger partial charge >= 0.3 is 0 Å². The molecular formula is C14H20ClN3O. The van der Waals surface area contributed by atoms with Crippen LogP contribution in [0.15, 0.2) is 18.2 Å². The molecule has 1 aliphatic heterocycles. The van der Waals surface area contributed by atoms with E-state index in [4.69, 9.17) is 11.6 Å². The lowest BCUT2D eigenvalue weighted by Gasteiger charge is -2.31. The number of rotatable bonds is 5. The van der Waals surface area contributed by atoms with Crippen LogP contribution in [0.1, 0.15) is 24.2 Å². The molecule has 1 aromatic carbocycles. The normalized spacial score (nSPS) is 14.5. The smallest absolute Gasteiger partial charge is 0.257 e. The van der Waals surface area contributed by atoms with Gasteiger partial charge in [-0.2, -0.15) is 0 Å². The van der Waals surface area contributed by atoms with E-state index in [1.807, 2.05) is 11.0 Å². The predicted octanol–water partition coefficient (Wildman–Crippen LogP) is 2.51. The van der Waals surface area contributed by atoms with Gasteiger partial charge in [0.1, 0.15) is 0 Å². The second kappa shape index (κ2) is 6.26. The van der Waals surface area contributed by atoms with Crippen molar-refractivity contribution in [2.45, 2.75) is 13.8 Å². The monoisotopic (exact) mass is 281 g/mol. The Morgan fingerprint density at radius 1 is 1.37 bits per heavy atom. The number of nitrogens with zero attached hydrogens (tertiary/aromatic N) is 2. The van der Waals surface area contributed by atoms with Crippen molar-refractivity contribution in [2.24, 2.45) is 0 Å². The molecule has 104 valence electrons. The molecule has 0 saturated carbocycles. The highest BCUT2D eigenvalue weighted by Crippen LogP contribution is 2.25. The minimum absolute atomic E-state index is 0.0587. The van der Waals surface area contributed by atoms with Crippen LogP contribution in [0.25, 0.3) is 0 Å². The third-order valence-corrected chi connectivity index (χ3v) is 3.78. The number of halogens is 1. The molecule has 0 saturated heterocycles. The number of anilines is 1. The van der Waals surface area contributed by atoms with Crippen molar-refractivity contribution in [1.29, 1.82) is 0 Å². The molecule has 19 heavy (non-hydrogen) atoms. The maximum atomic E-state index is 12.4. The van der Waals surface area contributed by atoms with E-state index < -0.39 is 0 Å². The molecule has 0 radical (unpaired) electrons. The van der Waals surface area contributed by atoms with E-state index in [1.54, 1.807) is 12.1 Å². The molecule has 1 aliphatic rings. The zero-order valence-corrected chi connectivity index (χ0v) is 12.2. The minimum atomic E-state index is 0.0587. The van der Waals surface area contributed by atoms with Crippen molar-refractivity contribution < 1.29 is 4.79 Å². The fourth-order valence-electron chi connectivity index (χ4n) is 2.25. The van der Waals surface area contributed by atoms with Gasteiger partial charge in [0.2, 0.25) is 0 Å². The molecule has 0 bridgehead atoms. The van der Waals surface area contributed by atoms with Crippen LogP contribution in [0.3, 0.4) is 0 Å². The summed E-state index contributed by atoms with van der Waals surface area (Å²) in [5.74, 6) is 0.0587. The van der Waals surface area contributed by atoms with E-state index in [9.17, 15) is 4.79 Å². The molecule has 2 rings (SSSR count). The van der Waals surface area contributed by atoms with Gasteiger partial charge in [-0.25, -0.2) is 0 Å². The standard InChI is InChI=1S/C14H20ClN3O/c1-3-17(4-2)7-8-18-10-16-13-6-5-11(15)9-12(13)14(18)19/h5-6,9,16H,3-4,7-8,10H2,1-2H3. The van der Waals surface area contributed by atoms with Crippen molar-refractivity contribution in [1.82, 2.24) is 9.80 Å². The number of likely N-dealkylation sites (N-methyl/N-ethyl adjacent to an activating group) is 1. The van der Waals surface area contributed by atoms with E-state index in [0.29, 0.717) is 17.3 Å². The second-order valence-electron chi connectivity index (χ2n) is 4.62. The Morgan fingerprint density at radius 2 is 2.11 bits per heavy atom. The van der Waals surface area contributed by atoms with Crippen molar-refractivity contribution in [3.63, 3.8) is 0 Å². The minimum Gasteiger partial charge on any atom is -0.367 e. The Hall–Kier alpha value is -1.26. The molecule has 0 spiro atoms. The summed E-state index contributed by atoms with van der Waals surface area (Å²) >= 11 is 5.96. The molecule has 0 atom stereocenters. The van der Waals surface area contributed by atoms with E-state index in [-0.39, 0.29) is 5.91 Å². The summed E-state index contributed by atoms with van der Waals surface area (Å²) in [5.41, 5.74) is 1.53. The highest BCUT2D eigenvalue weighted by atomic mass is 35.5. The van der Waals surface area contributed by atoms with E-state index in [2.05, 4.69) is 24.1 Å². The first-order valence-corrected chi connectivity index (χ1v) is 7.08. The molecule has 5 heteroatoms. The van der Waals surface area contributed by atoms with Crippen molar-refractivity contribution in [2.75, 3.05) is 38.2 Å². The van der Waals surface area contributed by atoms with Gasteiger partial charge in [-0.3, -0.25) is 4.79 Å². The predicted molar refractivity (Wildman–Crippen MR) is 78.8 cm³/mol. The Morgan fingerprint density at radius 3 is 2.79 bits per heavy atom. The lowest BCUT2D eigenvalue weighted by Crippen LogP contribution is -2.44. The summed E-state index contributed by atoms with van der Waals surface area (Å²) in [6.07, 6.45) is 0. The van der Waals surface area contributed by atoms with Gasteiger partial charge in [0.15, 0.2) is 0 Å². The van der Waals surface area contributed by atoms with Crippen LogP contribution < -0.4 is 5.32 Å². The SMILES string of the molecule is CCN(CC)CCN1CNc2ccc(Cl)cc2C1=O. The van der Waals surface area contributed by atoms with Crippen molar-refractivity contribution >= 4 is 23.2 Å². The van der Waals surface area contributed by atoms with Crippen LogP contribution in [0.4, 0.5) is 5.69 Å². The summed E-state index contributed by atoms with van der Waals surface area (Å²) in [6, 6.07) is 5.39. The molecular weight excluding hydrogens is 262 g/mol. The third kappa shape index (κ3) is 3.19. The highest BCUT2D eigenvalue weighted by molar-refractivity contribution is 6.31. The van der Waals surface area contributed by atoms with Crippen LogP contribution in [0.5, 0.6) is 0 Å². The Balaban J connectivity index is 2.04. The van der Waals surface area contributed by atoms with Crippen LogP contribution >= 0.6 is 11.6 Å². The van der Waals surface area contributed by atoms with Gasteiger partial charge in [0.25, 0.3) is 5.91 Å². The first-order chi connectivity index (χ1) is 9.15. The van der Waals surface area contributed by atoms with E-state index in [1.165, 1.54) is 0 Å². The average molecular weight is 282 g/mol. The third-order valence-electron chi connectivity index (χ3n) is 3.54. The number of carbonyl (C=O) groups excluding carboxylic acids is 1. The molecule has 0 unspecified atom stereocenters. The van der Waals surface area contributed by atoms with Crippen LogP contribution in [-0.4, -0.2) is 48.6 Å². The number of nitrogens with one attached hydrogen (secondary N) is 1. The molecule has 1 heterocycles. The number of fused-ring (bicyclic) bond motifs is 1. The van der Waals surface area contributed by atoms with Gasteiger partial charge in [0, 0.05) is 23.8 Å². The number of amides is 1. The van der Waals surface area contributed by atoms with Gasteiger partial charge < -0.3 is 15.1 Å². The topological polar surface area (TPSA) is 35.6 Å². The van der Waals surface area contributed by atoms with Gasteiger partial charge in [-0.1, -0.05) is 25.4 Å². The van der Waals surface area contributed by atoms with E-state index >= 15 is 0 Å². The highest BCUT2D eigenvalue weighted by Gasteiger charge is 2.24. The Bertz CT molecular complexity index is 460. The zero-order chi connectivity index (χ0) is 13.8. The molecule has 0 aromatic heterocycles. The van der Waals surface area contributed by atoms with Gasteiger partial charge in [-0.15, -0.1) is 0 Å². The van der Waals surface area contributed by atoms with Crippen LogP contribution in [-0.2, 0) is 0 Å². The number of hydrogen-bond donors (Lipinski definition) is 1. The lowest BCUT2D eigenvalue weighted by molar-refractivity contribution is 0.0740. The maximum absolute atomic E-state index is 12.4. The fraction of sp³-hybridized carbons (Fsp3) is 0.500. The van der Waals surface area contributed by atoms with Crippen molar-refractivity contribution in [3.05, 3.63) is 28.8 Å². The summed E-state index contributed by atoms with van der Waals surface area (Å²) in [6.45, 7) is 8.48.